The molecule has 1 aliphatic rings. The molecule has 0 aliphatic heterocycles. The molecule has 3 aromatic carbocycles. The summed E-state index contributed by atoms with van der Waals surface area (Å²) < 4.78 is 32.5. The second-order valence-corrected chi connectivity index (χ2v) is 10.3. The lowest BCUT2D eigenvalue weighted by atomic mass is 10.00. The van der Waals surface area contributed by atoms with Gasteiger partial charge in [0, 0.05) is 34.8 Å². The molecule has 1 amide bonds. The predicted octanol–water partition coefficient (Wildman–Crippen LogP) is 4.98. The summed E-state index contributed by atoms with van der Waals surface area (Å²) in [6.45, 7) is 0.0198. The van der Waals surface area contributed by atoms with Crippen LogP contribution in [0.4, 0.5) is 11.4 Å². The summed E-state index contributed by atoms with van der Waals surface area (Å²) in [5.74, 6) is 0.236. The van der Waals surface area contributed by atoms with Crippen molar-refractivity contribution in [2.75, 3.05) is 17.1 Å². The number of nitrogen functional groups attached to an aromatic ring is 1. The summed E-state index contributed by atoms with van der Waals surface area (Å²) in [5, 5.41) is 13.2. The molecule has 0 bridgehead atoms. The van der Waals surface area contributed by atoms with Crippen LogP contribution in [0.5, 0.6) is 0 Å². The van der Waals surface area contributed by atoms with Crippen molar-refractivity contribution < 1.29 is 17.6 Å². The van der Waals surface area contributed by atoms with Gasteiger partial charge in [-0.15, -0.1) is 0 Å². The lowest BCUT2D eigenvalue weighted by molar-refractivity contribution is 0.0964. The lowest BCUT2D eigenvalue weighted by Crippen LogP contribution is -2.22. The highest BCUT2D eigenvalue weighted by molar-refractivity contribution is 7.74. The maximum absolute atomic E-state index is 13.0. The van der Waals surface area contributed by atoms with Gasteiger partial charge in [-0.1, -0.05) is 17.7 Å². The second kappa shape index (κ2) is 9.81. The van der Waals surface area contributed by atoms with Crippen LogP contribution in [0, 0.1) is 11.3 Å². The molecule has 37 heavy (non-hydrogen) atoms. The van der Waals surface area contributed by atoms with Gasteiger partial charge in [-0.3, -0.25) is 9.10 Å². The highest BCUT2D eigenvalue weighted by Crippen LogP contribution is 2.48. The summed E-state index contributed by atoms with van der Waals surface area (Å²) >= 11 is 6.05. The fraction of sp³-hybridized carbons (Fsp3) is 0.185. The Bertz CT molecular complexity index is 1640. The van der Waals surface area contributed by atoms with E-state index in [0.29, 0.717) is 49.8 Å². The number of hydrogen-bond donors (Lipinski definition) is 3. The molecule has 1 aliphatic carbocycles. The number of amides is 1. The van der Waals surface area contributed by atoms with Gasteiger partial charge in [0.05, 0.1) is 23.4 Å². The van der Waals surface area contributed by atoms with E-state index in [-0.39, 0.29) is 23.9 Å². The third kappa shape index (κ3) is 4.73. The summed E-state index contributed by atoms with van der Waals surface area (Å²) in [4.78, 5) is 13.0. The smallest absolute Gasteiger partial charge is 0.255 e. The molecule has 4 aromatic rings. The SMILES string of the molecule is CNC(=O)c1c(-c2ccc(Cl)cc2)oc2cc(N(Cc3ccc(N)c(C#N)c3)[SH](=O)=O)c(C3CC3)cc12. The van der Waals surface area contributed by atoms with Gasteiger partial charge < -0.3 is 15.5 Å². The fourth-order valence-corrected chi connectivity index (χ4v) is 5.21. The Morgan fingerprint density at radius 1 is 1.19 bits per heavy atom. The lowest BCUT2D eigenvalue weighted by Gasteiger charge is -2.21. The number of carbonyl (C=O) groups is 1. The largest absolute Gasteiger partial charge is 0.455 e. The zero-order chi connectivity index (χ0) is 26.3. The standard InChI is InChI=1S/C27H23ClN4O4S/c1-31-27(33)25-21-11-20(16-3-4-16)23(12-24(21)36-26(25)17-5-7-19(28)8-6-17)32(37(34)35)14-15-2-9-22(30)18(10-15)13-29/h2,5-12,16,37H,3-4,14,30H2,1H3,(H,31,33). The minimum Gasteiger partial charge on any atom is -0.455 e. The van der Waals surface area contributed by atoms with Crippen LogP contribution in [0.2, 0.25) is 5.02 Å². The van der Waals surface area contributed by atoms with Crippen molar-refractivity contribution in [2.45, 2.75) is 25.3 Å². The van der Waals surface area contributed by atoms with Gasteiger partial charge in [0.2, 0.25) is 10.9 Å². The van der Waals surface area contributed by atoms with Gasteiger partial charge in [0.25, 0.3) is 5.91 Å². The number of nitrogens with zero attached hydrogens (tertiary/aromatic N) is 2. The molecular weight excluding hydrogens is 512 g/mol. The molecule has 0 saturated heterocycles. The van der Waals surface area contributed by atoms with E-state index in [1.54, 1.807) is 55.6 Å². The third-order valence-electron chi connectivity index (χ3n) is 6.46. The van der Waals surface area contributed by atoms with Gasteiger partial charge in [-0.25, -0.2) is 8.42 Å². The molecule has 1 aromatic heterocycles. The molecular formula is C27H23ClN4O4S. The predicted molar refractivity (Wildman–Crippen MR) is 144 cm³/mol. The monoisotopic (exact) mass is 534 g/mol. The van der Waals surface area contributed by atoms with Gasteiger partial charge in [-0.05, 0) is 72.4 Å². The maximum Gasteiger partial charge on any atom is 0.255 e. The number of benzene rings is 3. The first-order chi connectivity index (χ1) is 17.8. The number of thiol groups is 1. The number of fused-ring (bicyclic) bond motifs is 1. The van der Waals surface area contributed by atoms with Crippen LogP contribution in [0.1, 0.15) is 45.8 Å². The minimum absolute atomic E-state index is 0.0198. The summed E-state index contributed by atoms with van der Waals surface area (Å²) in [6, 6.07) is 17.4. The molecule has 10 heteroatoms. The number of halogens is 1. The number of nitriles is 1. The Labute approximate surface area is 220 Å². The number of nitrogens with two attached hydrogens (primary N) is 1. The molecule has 1 heterocycles. The van der Waals surface area contributed by atoms with Crippen LogP contribution < -0.4 is 15.4 Å². The van der Waals surface area contributed by atoms with E-state index < -0.39 is 10.9 Å². The zero-order valence-corrected chi connectivity index (χ0v) is 21.5. The van der Waals surface area contributed by atoms with Crippen molar-refractivity contribution in [3.63, 3.8) is 0 Å². The number of carbonyl (C=O) groups excluding carboxylic acids is 1. The Kier molecular flexibility index (Phi) is 6.54. The number of nitrogens with one attached hydrogen (secondary N) is 1. The van der Waals surface area contributed by atoms with Gasteiger partial charge >= 0.3 is 0 Å². The van der Waals surface area contributed by atoms with Gasteiger partial charge in [0.15, 0.2) is 0 Å². The first kappa shape index (κ1) is 24.7. The van der Waals surface area contributed by atoms with E-state index in [2.05, 4.69) is 5.32 Å². The van der Waals surface area contributed by atoms with E-state index in [1.807, 2.05) is 12.1 Å². The number of anilines is 2. The number of hydrogen-bond acceptors (Lipinski definition) is 6. The highest BCUT2D eigenvalue weighted by atomic mass is 35.5. The highest BCUT2D eigenvalue weighted by Gasteiger charge is 2.32. The van der Waals surface area contributed by atoms with Crippen LogP contribution in [-0.4, -0.2) is 21.4 Å². The van der Waals surface area contributed by atoms with E-state index in [9.17, 15) is 18.5 Å². The molecule has 3 N–H and O–H groups in total. The average molecular weight is 535 g/mol. The second-order valence-electron chi connectivity index (χ2n) is 8.90. The Balaban J connectivity index is 1.69. The summed E-state index contributed by atoms with van der Waals surface area (Å²) in [5.41, 5.74) is 9.83. The minimum atomic E-state index is -3.03. The van der Waals surface area contributed by atoms with E-state index in [1.165, 1.54) is 4.31 Å². The van der Waals surface area contributed by atoms with Crippen molar-refractivity contribution in [2.24, 2.45) is 0 Å². The Hall–Kier alpha value is -4.00. The first-order valence-electron chi connectivity index (χ1n) is 11.6. The van der Waals surface area contributed by atoms with Crippen molar-refractivity contribution >= 4 is 50.7 Å². The number of rotatable bonds is 7. The zero-order valence-electron chi connectivity index (χ0n) is 19.8. The van der Waals surface area contributed by atoms with Crippen molar-refractivity contribution in [1.29, 1.82) is 5.26 Å². The summed E-state index contributed by atoms with van der Waals surface area (Å²) in [7, 11) is -1.48. The molecule has 8 nitrogen and oxygen atoms in total. The number of furan rings is 1. The Morgan fingerprint density at radius 2 is 1.92 bits per heavy atom. The molecule has 0 atom stereocenters. The van der Waals surface area contributed by atoms with E-state index in [4.69, 9.17) is 21.8 Å². The van der Waals surface area contributed by atoms with Crippen LogP contribution in [-0.2, 0) is 17.4 Å². The third-order valence-corrected chi connectivity index (χ3v) is 7.46. The average Bonchev–Trinajstić information content (AvgIpc) is 3.67. The van der Waals surface area contributed by atoms with Crippen molar-refractivity contribution in [3.05, 3.63) is 81.9 Å². The first-order valence-corrected chi connectivity index (χ1v) is 13.1. The van der Waals surface area contributed by atoms with E-state index >= 15 is 0 Å². The molecule has 5 rings (SSSR count). The molecule has 0 radical (unpaired) electrons. The molecule has 1 saturated carbocycles. The van der Waals surface area contributed by atoms with Crippen molar-refractivity contribution in [3.8, 4) is 17.4 Å². The molecule has 0 spiro atoms. The normalized spacial score (nSPS) is 13.0. The van der Waals surface area contributed by atoms with Crippen LogP contribution >= 0.6 is 11.6 Å². The van der Waals surface area contributed by atoms with Crippen LogP contribution in [0.15, 0.2) is 59.0 Å². The quantitative estimate of drug-likeness (QED) is 0.226. The van der Waals surface area contributed by atoms with Gasteiger partial charge in [0.1, 0.15) is 17.4 Å². The van der Waals surface area contributed by atoms with Crippen LogP contribution in [0.25, 0.3) is 22.3 Å². The topological polar surface area (TPSA) is 129 Å². The molecule has 1 fully saturated rings. The van der Waals surface area contributed by atoms with Crippen LogP contribution in [0.3, 0.4) is 0 Å². The van der Waals surface area contributed by atoms with Crippen molar-refractivity contribution in [1.82, 2.24) is 5.32 Å². The van der Waals surface area contributed by atoms with Gasteiger partial charge in [-0.2, -0.15) is 5.26 Å². The molecule has 188 valence electrons. The molecule has 0 unspecified atom stereocenters. The fourth-order valence-electron chi connectivity index (χ4n) is 4.45. The summed E-state index contributed by atoms with van der Waals surface area (Å²) in [6.07, 6.45) is 1.83. The maximum atomic E-state index is 13.0. The Morgan fingerprint density at radius 3 is 2.54 bits per heavy atom. The van der Waals surface area contributed by atoms with E-state index in [0.717, 1.165) is 18.4 Å².